The van der Waals surface area contributed by atoms with Crippen LogP contribution in [-0.4, -0.2) is 46.2 Å². The monoisotopic (exact) mass is 462 g/mol. The van der Waals surface area contributed by atoms with E-state index in [-0.39, 0.29) is 17.6 Å². The second kappa shape index (κ2) is 9.23. The minimum atomic E-state index is -4.85. The molecule has 1 atom stereocenters. The Kier molecular flexibility index (Phi) is 7.09. The molecule has 0 saturated carbocycles. The van der Waals surface area contributed by atoms with E-state index in [1.165, 1.54) is 0 Å². The van der Waals surface area contributed by atoms with Crippen molar-refractivity contribution >= 4 is 21.6 Å². The summed E-state index contributed by atoms with van der Waals surface area (Å²) in [5.74, 6) is 0. The highest BCUT2D eigenvalue weighted by atomic mass is 35.5. The number of nitrogens with zero attached hydrogens (tertiary/aromatic N) is 1. The Morgan fingerprint density at radius 2 is 1.77 bits per heavy atom. The zero-order valence-electron chi connectivity index (χ0n) is 16.2. The Morgan fingerprint density at radius 3 is 2.37 bits per heavy atom. The number of sulfonamides is 1. The van der Waals surface area contributed by atoms with E-state index in [2.05, 4.69) is 9.62 Å². The van der Waals surface area contributed by atoms with Crippen LogP contribution in [0, 0.1) is 6.92 Å². The molecule has 0 spiro atoms. The molecule has 1 aliphatic heterocycles. The van der Waals surface area contributed by atoms with E-state index in [0.717, 1.165) is 23.3 Å². The highest BCUT2D eigenvalue weighted by Crippen LogP contribution is 2.36. The van der Waals surface area contributed by atoms with Gasteiger partial charge in [0.15, 0.2) is 0 Å². The molecule has 1 unspecified atom stereocenters. The fraction of sp³-hybridized carbons (Fsp3) is 0.400. The molecule has 10 heteroatoms. The van der Waals surface area contributed by atoms with E-state index >= 15 is 0 Å². The van der Waals surface area contributed by atoms with Crippen molar-refractivity contribution in [3.8, 4) is 0 Å². The van der Waals surface area contributed by atoms with Gasteiger partial charge in [-0.15, -0.1) is 0 Å². The lowest BCUT2D eigenvalue weighted by atomic mass is 10.0. The van der Waals surface area contributed by atoms with Gasteiger partial charge in [0.25, 0.3) is 0 Å². The molecule has 1 fully saturated rings. The van der Waals surface area contributed by atoms with E-state index in [0.29, 0.717) is 32.4 Å². The summed E-state index contributed by atoms with van der Waals surface area (Å²) in [5.41, 5.74) is 0.633. The van der Waals surface area contributed by atoms with E-state index in [1.54, 1.807) is 0 Å². The van der Waals surface area contributed by atoms with Crippen molar-refractivity contribution < 1.29 is 26.3 Å². The maximum atomic E-state index is 13.4. The number of hydrogen-bond acceptors (Lipinski definition) is 4. The summed E-state index contributed by atoms with van der Waals surface area (Å²) in [6, 6.07) is 9.91. The van der Waals surface area contributed by atoms with Crippen LogP contribution in [-0.2, 0) is 20.9 Å². The van der Waals surface area contributed by atoms with E-state index in [1.807, 2.05) is 31.2 Å². The molecule has 2 aromatic rings. The van der Waals surface area contributed by atoms with Crippen molar-refractivity contribution in [1.29, 1.82) is 0 Å². The van der Waals surface area contributed by atoms with Crippen LogP contribution in [0.3, 0.4) is 0 Å². The molecule has 1 aliphatic rings. The average molecular weight is 463 g/mol. The summed E-state index contributed by atoms with van der Waals surface area (Å²) in [4.78, 5) is 1.22. The van der Waals surface area contributed by atoms with Crippen molar-refractivity contribution in [2.45, 2.75) is 24.0 Å². The largest absolute Gasteiger partial charge is 0.417 e. The third-order valence-electron chi connectivity index (χ3n) is 4.95. The Morgan fingerprint density at radius 1 is 1.13 bits per heavy atom. The molecule has 0 amide bonds. The van der Waals surface area contributed by atoms with Gasteiger partial charge in [-0.25, -0.2) is 13.1 Å². The molecule has 30 heavy (non-hydrogen) atoms. The van der Waals surface area contributed by atoms with Gasteiger partial charge in [0.1, 0.15) is 0 Å². The van der Waals surface area contributed by atoms with Gasteiger partial charge in [0, 0.05) is 30.7 Å². The number of aryl methyl sites for hydroxylation is 1. The lowest BCUT2D eigenvalue weighted by Gasteiger charge is -2.35. The minimum Gasteiger partial charge on any atom is -0.379 e. The van der Waals surface area contributed by atoms with Gasteiger partial charge in [0.05, 0.1) is 23.7 Å². The fourth-order valence-electron chi connectivity index (χ4n) is 3.36. The maximum Gasteiger partial charge on any atom is 0.417 e. The van der Waals surface area contributed by atoms with Crippen LogP contribution < -0.4 is 4.72 Å². The highest BCUT2D eigenvalue weighted by Gasteiger charge is 2.37. The molecular formula is C20H22ClF3N2O3S. The first-order chi connectivity index (χ1) is 14.1. The van der Waals surface area contributed by atoms with Crippen molar-refractivity contribution in [3.63, 3.8) is 0 Å². The van der Waals surface area contributed by atoms with Gasteiger partial charge >= 0.3 is 6.18 Å². The molecule has 0 aromatic heterocycles. The lowest BCUT2D eigenvalue weighted by molar-refractivity contribution is -0.139. The number of morpholine rings is 1. The summed E-state index contributed by atoms with van der Waals surface area (Å²) < 4.78 is 73.4. The third kappa shape index (κ3) is 5.53. The van der Waals surface area contributed by atoms with Crippen molar-refractivity contribution in [3.05, 3.63) is 64.2 Å². The SMILES string of the molecule is Cc1ccc(C(CNS(=O)(=O)c2ccc(Cl)cc2C(F)(F)F)N2CCOCC2)cc1. The number of alkyl halides is 3. The fourth-order valence-corrected chi connectivity index (χ4v) is 4.78. The Hall–Kier alpha value is -1.65. The number of rotatable bonds is 6. The number of hydrogen-bond donors (Lipinski definition) is 1. The van der Waals surface area contributed by atoms with E-state index < -0.39 is 26.7 Å². The molecule has 1 N–H and O–H groups in total. The highest BCUT2D eigenvalue weighted by molar-refractivity contribution is 7.89. The molecule has 1 heterocycles. The summed E-state index contributed by atoms with van der Waals surface area (Å²) in [5, 5.41) is -0.188. The first kappa shape index (κ1) is 23.0. The number of benzene rings is 2. The molecular weight excluding hydrogens is 441 g/mol. The normalized spacial score (nSPS) is 17.1. The predicted molar refractivity (Wildman–Crippen MR) is 108 cm³/mol. The first-order valence-electron chi connectivity index (χ1n) is 9.33. The second-order valence-corrected chi connectivity index (χ2v) is 9.24. The van der Waals surface area contributed by atoms with Crippen LogP contribution in [0.4, 0.5) is 13.2 Å². The van der Waals surface area contributed by atoms with Crippen molar-refractivity contribution in [1.82, 2.24) is 9.62 Å². The van der Waals surface area contributed by atoms with Crippen molar-refractivity contribution in [2.75, 3.05) is 32.8 Å². The lowest BCUT2D eigenvalue weighted by Crippen LogP contribution is -2.44. The minimum absolute atomic E-state index is 0.0781. The Balaban J connectivity index is 1.88. The van der Waals surface area contributed by atoms with Crippen LogP contribution in [0.25, 0.3) is 0 Å². The summed E-state index contributed by atoms with van der Waals surface area (Å²) in [7, 11) is -4.43. The zero-order valence-corrected chi connectivity index (χ0v) is 17.8. The van der Waals surface area contributed by atoms with Gasteiger partial charge in [0.2, 0.25) is 10.0 Å². The molecule has 0 aliphatic carbocycles. The van der Waals surface area contributed by atoms with E-state index in [9.17, 15) is 21.6 Å². The molecule has 2 aromatic carbocycles. The van der Waals surface area contributed by atoms with Gasteiger partial charge in [-0.2, -0.15) is 13.2 Å². The van der Waals surface area contributed by atoms with Crippen LogP contribution >= 0.6 is 11.6 Å². The van der Waals surface area contributed by atoms with Gasteiger partial charge in [-0.3, -0.25) is 4.90 Å². The first-order valence-corrected chi connectivity index (χ1v) is 11.2. The summed E-state index contributed by atoms with van der Waals surface area (Å²) in [6.07, 6.45) is -4.85. The van der Waals surface area contributed by atoms with E-state index in [4.69, 9.17) is 16.3 Å². The molecule has 1 saturated heterocycles. The number of nitrogens with one attached hydrogen (secondary N) is 1. The molecule has 164 valence electrons. The Labute approximate surface area is 178 Å². The average Bonchev–Trinajstić information content (AvgIpc) is 2.69. The predicted octanol–water partition coefficient (Wildman–Crippen LogP) is 4.02. The molecule has 0 radical (unpaired) electrons. The molecule has 3 rings (SSSR count). The summed E-state index contributed by atoms with van der Waals surface area (Å²) >= 11 is 5.66. The molecule has 0 bridgehead atoms. The number of ether oxygens (including phenoxy) is 1. The smallest absolute Gasteiger partial charge is 0.379 e. The van der Waals surface area contributed by atoms with Crippen LogP contribution in [0.1, 0.15) is 22.7 Å². The van der Waals surface area contributed by atoms with Crippen LogP contribution in [0.2, 0.25) is 5.02 Å². The zero-order chi connectivity index (χ0) is 21.9. The molecule has 5 nitrogen and oxygen atoms in total. The van der Waals surface area contributed by atoms with Crippen molar-refractivity contribution in [2.24, 2.45) is 0 Å². The van der Waals surface area contributed by atoms with Gasteiger partial charge in [-0.1, -0.05) is 41.4 Å². The van der Waals surface area contributed by atoms with Gasteiger partial charge < -0.3 is 4.74 Å². The van der Waals surface area contributed by atoms with Crippen LogP contribution in [0.15, 0.2) is 47.4 Å². The summed E-state index contributed by atoms with van der Waals surface area (Å²) in [6.45, 7) is 4.06. The topological polar surface area (TPSA) is 58.6 Å². The standard InChI is InChI=1S/C20H22ClF3N2O3S/c1-14-2-4-15(5-3-14)18(26-8-10-29-11-9-26)13-25-30(27,28)19-7-6-16(21)12-17(19)20(22,23)24/h2-7,12,18,25H,8-11,13H2,1H3. The second-order valence-electron chi connectivity index (χ2n) is 7.06. The van der Waals surface area contributed by atoms with Gasteiger partial charge in [-0.05, 0) is 30.7 Å². The maximum absolute atomic E-state index is 13.4. The Bertz CT molecular complexity index is 976. The quantitative estimate of drug-likeness (QED) is 0.704. The van der Waals surface area contributed by atoms with Crippen LogP contribution in [0.5, 0.6) is 0 Å². The third-order valence-corrected chi connectivity index (χ3v) is 6.67. The number of halogens is 4.